The largest absolute Gasteiger partial charge is 0.306 e. The zero-order valence-corrected chi connectivity index (χ0v) is 11.3. The van der Waals surface area contributed by atoms with E-state index in [1.807, 2.05) is 11.8 Å². The number of rotatable bonds is 3. The summed E-state index contributed by atoms with van der Waals surface area (Å²) in [6.45, 7) is 2.38. The fourth-order valence-electron chi connectivity index (χ4n) is 3.21. The number of benzene rings is 1. The second-order valence-electron chi connectivity index (χ2n) is 5.40. The van der Waals surface area contributed by atoms with E-state index >= 15 is 0 Å². The number of fused-ring (bicyclic) bond motifs is 1. The number of nitrogens with one attached hydrogen (secondary N) is 1. The third kappa shape index (κ3) is 2.38. The maximum atomic E-state index is 3.86. The molecule has 3 rings (SSSR count). The normalized spacial score (nSPS) is 26.1. The van der Waals surface area contributed by atoms with Gasteiger partial charge in [-0.3, -0.25) is 0 Å². The summed E-state index contributed by atoms with van der Waals surface area (Å²) < 4.78 is 0. The van der Waals surface area contributed by atoms with Crippen LogP contribution in [-0.4, -0.2) is 11.8 Å². The summed E-state index contributed by atoms with van der Waals surface area (Å²) >= 11 is 2.00. The Hall–Kier alpha value is -0.470. The van der Waals surface area contributed by atoms with Crippen LogP contribution in [0.4, 0.5) is 0 Å². The van der Waals surface area contributed by atoms with Gasteiger partial charge in [-0.25, -0.2) is 0 Å². The Labute approximate surface area is 108 Å². The quantitative estimate of drug-likeness (QED) is 0.866. The topological polar surface area (TPSA) is 12.0 Å². The van der Waals surface area contributed by atoms with E-state index in [0.717, 1.165) is 5.92 Å². The molecule has 0 saturated heterocycles. The molecule has 0 amide bonds. The van der Waals surface area contributed by atoms with E-state index in [-0.39, 0.29) is 0 Å². The predicted octanol–water partition coefficient (Wildman–Crippen LogP) is 4.00. The van der Waals surface area contributed by atoms with Crippen LogP contribution < -0.4 is 5.32 Å². The molecule has 1 aromatic carbocycles. The molecule has 17 heavy (non-hydrogen) atoms. The molecule has 92 valence electrons. The maximum Gasteiger partial charge on any atom is 0.0428 e. The van der Waals surface area contributed by atoms with Gasteiger partial charge in [-0.05, 0) is 37.3 Å². The third-order valence-electron chi connectivity index (χ3n) is 4.27. The molecule has 2 heteroatoms. The Bertz CT molecular complexity index is 384. The standard InChI is InChI=1S/C15H21NS/c1-11(12-6-2-3-7-12)16-14-10-17-15-9-5-4-8-13(14)15/h4-5,8-9,11-12,14,16H,2-3,6-7,10H2,1H3/t11-,14?/m0/s1. The van der Waals surface area contributed by atoms with E-state index < -0.39 is 0 Å². The number of thioether (sulfide) groups is 1. The second-order valence-corrected chi connectivity index (χ2v) is 6.46. The summed E-state index contributed by atoms with van der Waals surface area (Å²) in [5.41, 5.74) is 1.52. The maximum absolute atomic E-state index is 3.86. The summed E-state index contributed by atoms with van der Waals surface area (Å²) in [6, 6.07) is 10.1. The Morgan fingerprint density at radius 1 is 1.24 bits per heavy atom. The van der Waals surface area contributed by atoms with E-state index in [1.54, 1.807) is 0 Å². The molecule has 0 aromatic heterocycles. The van der Waals surface area contributed by atoms with E-state index in [0.29, 0.717) is 12.1 Å². The molecule has 1 saturated carbocycles. The highest BCUT2D eigenvalue weighted by Crippen LogP contribution is 2.39. The first-order valence-corrected chi connectivity index (χ1v) is 7.81. The van der Waals surface area contributed by atoms with Gasteiger partial charge in [0.15, 0.2) is 0 Å². The molecule has 1 nitrogen and oxygen atoms in total. The first-order chi connectivity index (χ1) is 8.34. The summed E-state index contributed by atoms with van der Waals surface area (Å²) in [5, 5.41) is 3.86. The lowest BCUT2D eigenvalue weighted by molar-refractivity contribution is 0.355. The average molecular weight is 247 g/mol. The van der Waals surface area contributed by atoms with Crippen LogP contribution in [0.3, 0.4) is 0 Å². The van der Waals surface area contributed by atoms with Gasteiger partial charge in [0, 0.05) is 22.7 Å². The molecule has 0 spiro atoms. The van der Waals surface area contributed by atoms with Crippen LogP contribution in [0.5, 0.6) is 0 Å². The number of hydrogen-bond acceptors (Lipinski definition) is 2. The summed E-state index contributed by atoms with van der Waals surface area (Å²) in [6.07, 6.45) is 5.73. The van der Waals surface area contributed by atoms with Crippen LogP contribution in [0, 0.1) is 5.92 Å². The summed E-state index contributed by atoms with van der Waals surface area (Å²) in [5.74, 6) is 2.11. The highest BCUT2D eigenvalue weighted by Gasteiger charge is 2.27. The van der Waals surface area contributed by atoms with Crippen molar-refractivity contribution in [3.63, 3.8) is 0 Å². The minimum atomic E-state index is 0.576. The SMILES string of the molecule is C[C@H](NC1CSc2ccccc21)C1CCCC1. The van der Waals surface area contributed by atoms with Gasteiger partial charge in [-0.1, -0.05) is 31.0 Å². The van der Waals surface area contributed by atoms with Gasteiger partial charge in [-0.15, -0.1) is 11.8 Å². The predicted molar refractivity (Wildman–Crippen MR) is 74.5 cm³/mol. The van der Waals surface area contributed by atoms with Gasteiger partial charge in [0.25, 0.3) is 0 Å². The molecular weight excluding hydrogens is 226 g/mol. The first kappa shape index (κ1) is 11.6. The molecule has 1 heterocycles. The zero-order chi connectivity index (χ0) is 11.7. The van der Waals surface area contributed by atoms with Crippen LogP contribution in [0.25, 0.3) is 0 Å². The molecule has 1 aliphatic carbocycles. The molecule has 1 fully saturated rings. The van der Waals surface area contributed by atoms with Crippen LogP contribution in [0.2, 0.25) is 0 Å². The van der Waals surface area contributed by atoms with E-state index in [1.165, 1.54) is 41.9 Å². The fourth-order valence-corrected chi connectivity index (χ4v) is 4.39. The Morgan fingerprint density at radius 3 is 2.82 bits per heavy atom. The lowest BCUT2D eigenvalue weighted by Crippen LogP contribution is -2.35. The van der Waals surface area contributed by atoms with E-state index in [4.69, 9.17) is 0 Å². The minimum absolute atomic E-state index is 0.576. The van der Waals surface area contributed by atoms with Gasteiger partial charge in [0.1, 0.15) is 0 Å². The molecule has 0 bridgehead atoms. The van der Waals surface area contributed by atoms with Crippen molar-refractivity contribution < 1.29 is 0 Å². The molecule has 1 N–H and O–H groups in total. The first-order valence-electron chi connectivity index (χ1n) is 6.82. The second kappa shape index (κ2) is 5.03. The van der Waals surface area contributed by atoms with Crippen molar-refractivity contribution in [2.75, 3.05) is 5.75 Å². The van der Waals surface area contributed by atoms with Crippen LogP contribution in [0.15, 0.2) is 29.2 Å². The smallest absolute Gasteiger partial charge is 0.0428 e. The lowest BCUT2D eigenvalue weighted by atomic mass is 9.98. The molecule has 1 unspecified atom stereocenters. The number of hydrogen-bond donors (Lipinski definition) is 1. The van der Waals surface area contributed by atoms with Crippen molar-refractivity contribution in [1.29, 1.82) is 0 Å². The molecule has 1 aromatic rings. The fraction of sp³-hybridized carbons (Fsp3) is 0.600. The van der Waals surface area contributed by atoms with Crippen molar-refractivity contribution in [2.45, 2.75) is 49.6 Å². The Morgan fingerprint density at radius 2 is 2.00 bits per heavy atom. The van der Waals surface area contributed by atoms with Crippen LogP contribution >= 0.6 is 11.8 Å². The highest BCUT2D eigenvalue weighted by molar-refractivity contribution is 7.99. The van der Waals surface area contributed by atoms with Crippen molar-refractivity contribution in [3.05, 3.63) is 29.8 Å². The third-order valence-corrected chi connectivity index (χ3v) is 5.45. The van der Waals surface area contributed by atoms with E-state index in [9.17, 15) is 0 Å². The zero-order valence-electron chi connectivity index (χ0n) is 10.5. The van der Waals surface area contributed by atoms with Crippen molar-refractivity contribution in [2.24, 2.45) is 5.92 Å². The molecule has 1 aliphatic heterocycles. The summed E-state index contributed by atoms with van der Waals surface area (Å²) in [7, 11) is 0. The van der Waals surface area contributed by atoms with Gasteiger partial charge in [-0.2, -0.15) is 0 Å². The minimum Gasteiger partial charge on any atom is -0.306 e. The monoisotopic (exact) mass is 247 g/mol. The van der Waals surface area contributed by atoms with Crippen LogP contribution in [0.1, 0.15) is 44.2 Å². The Kier molecular flexibility index (Phi) is 3.44. The lowest BCUT2D eigenvalue weighted by Gasteiger charge is -2.24. The average Bonchev–Trinajstić information content (AvgIpc) is 2.98. The van der Waals surface area contributed by atoms with Gasteiger partial charge in [0.2, 0.25) is 0 Å². The van der Waals surface area contributed by atoms with Gasteiger partial charge >= 0.3 is 0 Å². The Balaban J connectivity index is 1.66. The summed E-state index contributed by atoms with van der Waals surface area (Å²) in [4.78, 5) is 1.48. The van der Waals surface area contributed by atoms with Crippen molar-refractivity contribution >= 4 is 11.8 Å². The highest BCUT2D eigenvalue weighted by atomic mass is 32.2. The van der Waals surface area contributed by atoms with E-state index in [2.05, 4.69) is 36.5 Å². The van der Waals surface area contributed by atoms with Crippen molar-refractivity contribution in [1.82, 2.24) is 5.32 Å². The van der Waals surface area contributed by atoms with Gasteiger partial charge < -0.3 is 5.32 Å². The van der Waals surface area contributed by atoms with Gasteiger partial charge in [0.05, 0.1) is 0 Å². The molecule has 0 radical (unpaired) electrons. The molecular formula is C15H21NS. The molecule has 2 aliphatic rings. The van der Waals surface area contributed by atoms with Crippen LogP contribution in [-0.2, 0) is 0 Å². The van der Waals surface area contributed by atoms with Crippen molar-refractivity contribution in [3.8, 4) is 0 Å². The molecule has 2 atom stereocenters.